The Morgan fingerprint density at radius 3 is 2.60 bits per heavy atom. The largest absolute Gasteiger partial charge is 0.480 e. The number of hydrogen-bond donors (Lipinski definition) is 2. The molecular weight excluding hydrogens is 342 g/mol. The van der Waals surface area contributed by atoms with Crippen molar-refractivity contribution in [3.63, 3.8) is 0 Å². The number of rotatable bonds is 7. The van der Waals surface area contributed by atoms with Gasteiger partial charge < -0.3 is 10.4 Å². The topological polar surface area (TPSA) is 49.3 Å². The third-order valence-electron chi connectivity index (χ3n) is 3.71. The van der Waals surface area contributed by atoms with Crippen LogP contribution in [0, 0.1) is 5.92 Å². The number of anilines is 1. The molecule has 2 unspecified atom stereocenters. The summed E-state index contributed by atoms with van der Waals surface area (Å²) < 4.78 is 0.753. The van der Waals surface area contributed by atoms with Gasteiger partial charge >= 0.3 is 5.97 Å². The summed E-state index contributed by atoms with van der Waals surface area (Å²) in [6.07, 6.45) is 2.07. The van der Waals surface area contributed by atoms with E-state index in [0.29, 0.717) is 23.8 Å². The number of nitrogens with one attached hydrogen (secondary N) is 1. The van der Waals surface area contributed by atoms with Gasteiger partial charge in [0.1, 0.15) is 5.54 Å². The molecule has 0 heterocycles. The number of halogens is 2. The lowest BCUT2D eigenvalue weighted by Crippen LogP contribution is -2.47. The molecule has 3 nitrogen and oxygen atoms in total. The van der Waals surface area contributed by atoms with Crippen molar-refractivity contribution in [1.29, 1.82) is 0 Å². The molecule has 2 atom stereocenters. The third kappa shape index (κ3) is 4.13. The lowest BCUT2D eigenvalue weighted by atomic mass is 9.84. The molecular formula is C15H21BrClNO2. The summed E-state index contributed by atoms with van der Waals surface area (Å²) in [5, 5.41) is 13.4. The number of carboxylic acids is 1. The number of hydrogen-bond acceptors (Lipinski definition) is 2. The summed E-state index contributed by atoms with van der Waals surface area (Å²) in [6, 6.07) is 5.36. The molecule has 1 aromatic carbocycles. The van der Waals surface area contributed by atoms with Crippen LogP contribution in [-0.4, -0.2) is 16.6 Å². The van der Waals surface area contributed by atoms with E-state index in [1.165, 1.54) is 0 Å². The van der Waals surface area contributed by atoms with Crippen molar-refractivity contribution in [2.45, 2.75) is 45.6 Å². The first-order valence-corrected chi connectivity index (χ1v) is 7.98. The zero-order valence-corrected chi connectivity index (χ0v) is 14.4. The van der Waals surface area contributed by atoms with Crippen molar-refractivity contribution >= 4 is 39.2 Å². The van der Waals surface area contributed by atoms with Crippen LogP contribution in [0.2, 0.25) is 5.02 Å². The molecule has 0 bridgehead atoms. The first-order valence-electron chi connectivity index (χ1n) is 6.81. The molecule has 0 spiro atoms. The summed E-state index contributed by atoms with van der Waals surface area (Å²) in [4.78, 5) is 11.8. The zero-order chi connectivity index (χ0) is 15.3. The van der Waals surface area contributed by atoms with Crippen LogP contribution in [0.5, 0.6) is 0 Å². The van der Waals surface area contributed by atoms with Crippen molar-refractivity contribution in [2.24, 2.45) is 5.92 Å². The normalized spacial score (nSPS) is 15.4. The molecule has 0 amide bonds. The van der Waals surface area contributed by atoms with Crippen LogP contribution in [0.25, 0.3) is 0 Å². The smallest absolute Gasteiger partial charge is 0.329 e. The first kappa shape index (κ1) is 17.3. The Balaban J connectivity index is 3.05. The van der Waals surface area contributed by atoms with Crippen LogP contribution < -0.4 is 5.32 Å². The van der Waals surface area contributed by atoms with Crippen molar-refractivity contribution < 1.29 is 9.90 Å². The molecule has 5 heteroatoms. The highest BCUT2D eigenvalue weighted by Crippen LogP contribution is 2.31. The van der Waals surface area contributed by atoms with Crippen molar-refractivity contribution in [1.82, 2.24) is 0 Å². The molecule has 0 fully saturated rings. The van der Waals surface area contributed by atoms with E-state index in [4.69, 9.17) is 11.6 Å². The fourth-order valence-electron chi connectivity index (χ4n) is 2.17. The molecule has 1 rings (SSSR count). The van der Waals surface area contributed by atoms with Gasteiger partial charge in [0, 0.05) is 10.2 Å². The monoisotopic (exact) mass is 361 g/mol. The third-order valence-corrected chi connectivity index (χ3v) is 4.92. The van der Waals surface area contributed by atoms with Gasteiger partial charge in [-0.25, -0.2) is 4.79 Å². The quantitative estimate of drug-likeness (QED) is 0.702. The zero-order valence-electron chi connectivity index (χ0n) is 12.0. The van der Waals surface area contributed by atoms with E-state index in [9.17, 15) is 9.90 Å². The molecule has 112 valence electrons. The predicted octanol–water partition coefficient (Wildman–Crippen LogP) is 5.18. The van der Waals surface area contributed by atoms with Gasteiger partial charge in [-0.15, -0.1) is 0 Å². The molecule has 2 N–H and O–H groups in total. The summed E-state index contributed by atoms with van der Waals surface area (Å²) in [5.74, 6) is -0.472. The van der Waals surface area contributed by atoms with Crippen LogP contribution in [-0.2, 0) is 4.79 Å². The Hall–Kier alpha value is -0.740. The minimum atomic E-state index is -0.942. The molecule has 0 aliphatic rings. The highest BCUT2D eigenvalue weighted by atomic mass is 79.9. The second-order valence-electron chi connectivity index (χ2n) is 5.21. The first-order chi connectivity index (χ1) is 9.34. The fraction of sp³-hybridized carbons (Fsp3) is 0.533. The Labute approximate surface area is 133 Å². The van der Waals surface area contributed by atoms with E-state index in [1.54, 1.807) is 12.1 Å². The molecule has 0 radical (unpaired) electrons. The minimum absolute atomic E-state index is 0.342. The van der Waals surface area contributed by atoms with Crippen molar-refractivity contribution in [3.8, 4) is 0 Å². The fourth-order valence-corrected chi connectivity index (χ4v) is 2.66. The summed E-state index contributed by atoms with van der Waals surface area (Å²) >= 11 is 9.32. The molecule has 0 aliphatic carbocycles. The van der Waals surface area contributed by atoms with Gasteiger partial charge in [-0.05, 0) is 52.9 Å². The Morgan fingerprint density at radius 2 is 2.15 bits per heavy atom. The Bertz CT molecular complexity index is 481. The van der Waals surface area contributed by atoms with Crippen LogP contribution in [0.1, 0.15) is 40.0 Å². The van der Waals surface area contributed by atoms with E-state index in [2.05, 4.69) is 35.1 Å². The van der Waals surface area contributed by atoms with Gasteiger partial charge in [-0.1, -0.05) is 38.8 Å². The summed E-state index contributed by atoms with van der Waals surface area (Å²) in [7, 11) is 0. The van der Waals surface area contributed by atoms with Gasteiger partial charge in [-0.3, -0.25) is 0 Å². The Kier molecular flexibility index (Phi) is 6.34. The lowest BCUT2D eigenvalue weighted by molar-refractivity contribution is -0.143. The van der Waals surface area contributed by atoms with E-state index in [0.717, 1.165) is 16.6 Å². The molecule has 0 aliphatic heterocycles. The highest BCUT2D eigenvalue weighted by Gasteiger charge is 2.37. The van der Waals surface area contributed by atoms with E-state index >= 15 is 0 Å². The van der Waals surface area contributed by atoms with Crippen LogP contribution in [0.3, 0.4) is 0 Å². The van der Waals surface area contributed by atoms with E-state index in [1.807, 2.05) is 13.0 Å². The Morgan fingerprint density at radius 1 is 1.50 bits per heavy atom. The molecule has 0 saturated carbocycles. The van der Waals surface area contributed by atoms with E-state index in [-0.39, 0.29) is 0 Å². The summed E-state index contributed by atoms with van der Waals surface area (Å²) in [6.45, 7) is 6.05. The number of benzene rings is 1. The second-order valence-corrected chi connectivity index (χ2v) is 6.47. The predicted molar refractivity (Wildman–Crippen MR) is 87.5 cm³/mol. The molecule has 20 heavy (non-hydrogen) atoms. The van der Waals surface area contributed by atoms with Crippen LogP contribution in [0.15, 0.2) is 22.7 Å². The molecule has 1 aromatic rings. The van der Waals surface area contributed by atoms with Gasteiger partial charge in [0.05, 0.1) is 5.02 Å². The average Bonchev–Trinajstić information content (AvgIpc) is 2.41. The average molecular weight is 363 g/mol. The van der Waals surface area contributed by atoms with Gasteiger partial charge in [0.2, 0.25) is 0 Å². The number of carbonyl (C=O) groups is 1. The molecule has 0 saturated heterocycles. The SMILES string of the molecule is CCC(C)CC(CC)(Nc1ccc(Cl)c(Br)c1)C(=O)O. The number of aliphatic carboxylic acids is 1. The highest BCUT2D eigenvalue weighted by molar-refractivity contribution is 9.10. The summed E-state index contributed by atoms with van der Waals surface area (Å²) in [5.41, 5.74) is -0.184. The van der Waals surface area contributed by atoms with Crippen LogP contribution in [0.4, 0.5) is 5.69 Å². The van der Waals surface area contributed by atoms with Gasteiger partial charge in [0.25, 0.3) is 0 Å². The standard InChI is InChI=1S/C15H21BrClNO2/c1-4-10(3)9-15(5-2,14(19)20)18-11-6-7-13(17)12(16)8-11/h6-8,10,18H,4-5,9H2,1-3H3,(H,19,20). The molecule has 0 aromatic heterocycles. The van der Waals surface area contributed by atoms with E-state index < -0.39 is 11.5 Å². The van der Waals surface area contributed by atoms with Crippen LogP contribution >= 0.6 is 27.5 Å². The van der Waals surface area contributed by atoms with Gasteiger partial charge in [0.15, 0.2) is 0 Å². The minimum Gasteiger partial charge on any atom is -0.480 e. The maximum atomic E-state index is 11.8. The van der Waals surface area contributed by atoms with Crippen molar-refractivity contribution in [3.05, 3.63) is 27.7 Å². The number of carboxylic acid groups (broad SMARTS) is 1. The van der Waals surface area contributed by atoms with Gasteiger partial charge in [-0.2, -0.15) is 0 Å². The maximum absolute atomic E-state index is 11.8. The maximum Gasteiger partial charge on any atom is 0.329 e. The van der Waals surface area contributed by atoms with Crippen molar-refractivity contribution in [2.75, 3.05) is 5.32 Å². The lowest BCUT2D eigenvalue weighted by Gasteiger charge is -2.33. The second kappa shape index (κ2) is 7.32.